The maximum atomic E-state index is 12.1. The molecule has 2 aliphatic rings. The molecule has 166 valence electrons. The number of hydrogen-bond acceptors (Lipinski definition) is 5. The molecule has 1 N–H and O–H groups in total. The van der Waals surface area contributed by atoms with Crippen molar-refractivity contribution >= 4 is 17.6 Å². The molecule has 1 fully saturated rings. The number of aliphatic carboxylic acids is 1. The summed E-state index contributed by atoms with van der Waals surface area (Å²) in [5.41, 5.74) is 0.300. The van der Waals surface area contributed by atoms with Gasteiger partial charge in [-0.2, -0.15) is 0 Å². The molecule has 4 atom stereocenters. The third-order valence-electron chi connectivity index (χ3n) is 6.07. The molecule has 2 aromatic carbocycles. The van der Waals surface area contributed by atoms with Crippen molar-refractivity contribution < 1.29 is 28.8 Å². The van der Waals surface area contributed by atoms with Crippen LogP contribution in [0.1, 0.15) is 38.9 Å². The maximum Gasteiger partial charge on any atom is 0.309 e. The van der Waals surface area contributed by atoms with Crippen molar-refractivity contribution in [2.75, 3.05) is 13.2 Å². The summed E-state index contributed by atoms with van der Waals surface area (Å²) < 4.78 is 24.2. The third-order valence-corrected chi connectivity index (χ3v) is 6.38. The number of para-hydroxylation sites is 1. The molecule has 7 heteroatoms. The molecule has 0 saturated carbocycles. The highest BCUT2D eigenvalue weighted by Gasteiger charge is 2.52. The van der Waals surface area contributed by atoms with E-state index in [9.17, 15) is 9.90 Å². The van der Waals surface area contributed by atoms with Crippen molar-refractivity contribution in [1.82, 2.24) is 0 Å². The summed E-state index contributed by atoms with van der Waals surface area (Å²) in [5.74, 6) is 0.212. The minimum absolute atomic E-state index is 0.0890. The highest BCUT2D eigenvalue weighted by Crippen LogP contribution is 2.52. The van der Waals surface area contributed by atoms with E-state index < -0.39 is 23.6 Å². The maximum absolute atomic E-state index is 12.1. The van der Waals surface area contributed by atoms with E-state index >= 15 is 0 Å². The molecular weight excluding hydrogens is 420 g/mol. The lowest BCUT2D eigenvalue weighted by atomic mass is 9.72. The van der Waals surface area contributed by atoms with Crippen LogP contribution in [0.3, 0.4) is 0 Å². The number of ether oxygens (including phenoxy) is 4. The van der Waals surface area contributed by atoms with Gasteiger partial charge >= 0.3 is 5.97 Å². The topological polar surface area (TPSA) is 74.2 Å². The first-order valence-electron chi connectivity index (χ1n) is 10.5. The molecule has 0 unspecified atom stereocenters. The summed E-state index contributed by atoms with van der Waals surface area (Å²) >= 11 is 6.19. The summed E-state index contributed by atoms with van der Waals surface area (Å²) in [5, 5.41) is 10.4. The van der Waals surface area contributed by atoms with Crippen molar-refractivity contribution in [3.8, 4) is 17.2 Å². The Bertz CT molecular complexity index is 959. The lowest BCUT2D eigenvalue weighted by Crippen LogP contribution is -2.53. The second kappa shape index (κ2) is 8.60. The lowest BCUT2D eigenvalue weighted by Gasteiger charge is -2.50. The Balaban J connectivity index is 1.64. The van der Waals surface area contributed by atoms with Crippen LogP contribution in [0.2, 0.25) is 5.02 Å². The van der Waals surface area contributed by atoms with Gasteiger partial charge in [-0.25, -0.2) is 0 Å². The number of carboxylic acid groups (broad SMARTS) is 1. The van der Waals surface area contributed by atoms with Gasteiger partial charge in [0.1, 0.15) is 35.6 Å². The van der Waals surface area contributed by atoms with Crippen molar-refractivity contribution in [1.29, 1.82) is 0 Å². The second-order valence-electron chi connectivity index (χ2n) is 8.46. The van der Waals surface area contributed by atoms with Gasteiger partial charge in [0, 0.05) is 11.5 Å². The second-order valence-corrected chi connectivity index (χ2v) is 8.87. The minimum Gasteiger partial charge on any atom is -0.494 e. The molecule has 4 rings (SSSR count). The quantitative estimate of drug-likeness (QED) is 0.662. The number of halogens is 1. The molecule has 0 spiro atoms. The SMILES string of the molecule is CCOc1ccc2c(c1)[C@H]1O[C@@H](COc3ccccc3Cl)[C@@H](C(=O)O)C[C@@H]1C(C)(C)O2. The fraction of sp³-hybridized carbons (Fsp3) is 0.458. The normalized spacial score (nSPS) is 26.2. The standard InChI is InChI=1S/C24H27ClO6/c1-4-28-14-9-10-19-15(11-14)22-17(24(2,3)31-19)12-16(23(26)27)21(30-22)13-29-20-8-6-5-7-18(20)25/h5-11,16-17,21-22H,4,12-13H2,1-3H3,(H,26,27)/t16-,17-,21-,22+/m0/s1. The van der Waals surface area contributed by atoms with Crippen molar-refractivity contribution in [3.05, 3.63) is 53.1 Å². The van der Waals surface area contributed by atoms with E-state index in [-0.39, 0.29) is 18.6 Å². The van der Waals surface area contributed by atoms with Crippen molar-refractivity contribution in [2.24, 2.45) is 11.8 Å². The van der Waals surface area contributed by atoms with Crippen LogP contribution >= 0.6 is 11.6 Å². The highest BCUT2D eigenvalue weighted by molar-refractivity contribution is 6.32. The average Bonchev–Trinajstić information content (AvgIpc) is 2.73. The molecule has 0 bridgehead atoms. The summed E-state index contributed by atoms with van der Waals surface area (Å²) in [6.45, 7) is 6.53. The van der Waals surface area contributed by atoms with Gasteiger partial charge < -0.3 is 24.1 Å². The fourth-order valence-corrected chi connectivity index (χ4v) is 4.66. The molecule has 2 aromatic rings. The molecule has 0 aromatic heterocycles. The van der Waals surface area contributed by atoms with Gasteiger partial charge in [-0.05, 0) is 57.5 Å². The van der Waals surface area contributed by atoms with E-state index in [4.69, 9.17) is 30.5 Å². The van der Waals surface area contributed by atoms with Crippen LogP contribution in [-0.4, -0.2) is 36.0 Å². The summed E-state index contributed by atoms with van der Waals surface area (Å²) in [6.07, 6.45) is -0.538. The van der Waals surface area contributed by atoms with E-state index in [1.807, 2.05) is 51.1 Å². The third kappa shape index (κ3) is 4.32. The molecule has 0 radical (unpaired) electrons. The predicted molar refractivity (Wildman–Crippen MR) is 116 cm³/mol. The van der Waals surface area contributed by atoms with Crippen LogP contribution in [-0.2, 0) is 9.53 Å². The number of carboxylic acids is 1. The first-order valence-corrected chi connectivity index (χ1v) is 10.9. The van der Waals surface area contributed by atoms with Crippen LogP contribution in [0, 0.1) is 11.8 Å². The lowest BCUT2D eigenvalue weighted by molar-refractivity contribution is -0.192. The Kier molecular flexibility index (Phi) is 6.04. The average molecular weight is 447 g/mol. The van der Waals surface area contributed by atoms with E-state index in [1.54, 1.807) is 12.1 Å². The number of fused-ring (bicyclic) bond motifs is 3. The van der Waals surface area contributed by atoms with Crippen LogP contribution in [0.25, 0.3) is 0 Å². The number of carbonyl (C=O) groups is 1. The zero-order valence-corrected chi connectivity index (χ0v) is 18.6. The number of rotatable bonds is 6. The Morgan fingerprint density at radius 2 is 2.00 bits per heavy atom. The summed E-state index contributed by atoms with van der Waals surface area (Å²) in [6, 6.07) is 12.8. The van der Waals surface area contributed by atoms with Gasteiger partial charge in [-0.1, -0.05) is 23.7 Å². The van der Waals surface area contributed by atoms with Gasteiger partial charge in [-0.15, -0.1) is 0 Å². The predicted octanol–water partition coefficient (Wildman–Crippen LogP) is 5.14. The Labute approximate surface area is 187 Å². The van der Waals surface area contributed by atoms with Gasteiger partial charge in [0.25, 0.3) is 0 Å². The van der Waals surface area contributed by atoms with Crippen LogP contribution in [0.4, 0.5) is 0 Å². The molecule has 0 aliphatic carbocycles. The summed E-state index contributed by atoms with van der Waals surface area (Å²) in [7, 11) is 0. The zero-order valence-electron chi connectivity index (χ0n) is 17.8. The largest absolute Gasteiger partial charge is 0.494 e. The van der Waals surface area contributed by atoms with Gasteiger partial charge in [-0.3, -0.25) is 4.79 Å². The Morgan fingerprint density at radius 1 is 1.23 bits per heavy atom. The number of benzene rings is 2. The molecule has 0 amide bonds. The molecule has 2 heterocycles. The summed E-state index contributed by atoms with van der Waals surface area (Å²) in [4.78, 5) is 12.1. The first-order chi connectivity index (χ1) is 14.8. The van der Waals surface area contributed by atoms with Gasteiger partial charge in [0.2, 0.25) is 0 Å². The molecule has 2 aliphatic heterocycles. The number of hydrogen-bond donors (Lipinski definition) is 1. The monoisotopic (exact) mass is 446 g/mol. The smallest absolute Gasteiger partial charge is 0.309 e. The highest BCUT2D eigenvalue weighted by atomic mass is 35.5. The Hall–Kier alpha value is -2.44. The van der Waals surface area contributed by atoms with E-state index in [2.05, 4.69) is 0 Å². The van der Waals surface area contributed by atoms with Gasteiger partial charge in [0.05, 0.1) is 23.7 Å². The van der Waals surface area contributed by atoms with E-state index in [1.165, 1.54) is 0 Å². The first kappa shape index (κ1) is 21.8. The molecular formula is C24H27ClO6. The van der Waals surface area contributed by atoms with Crippen LogP contribution in [0.15, 0.2) is 42.5 Å². The van der Waals surface area contributed by atoms with Crippen LogP contribution in [0.5, 0.6) is 17.2 Å². The fourth-order valence-electron chi connectivity index (χ4n) is 4.47. The molecule has 1 saturated heterocycles. The zero-order chi connectivity index (χ0) is 22.2. The molecule has 31 heavy (non-hydrogen) atoms. The van der Waals surface area contributed by atoms with Crippen molar-refractivity contribution in [3.63, 3.8) is 0 Å². The minimum atomic E-state index is -0.907. The van der Waals surface area contributed by atoms with E-state index in [0.29, 0.717) is 23.8 Å². The van der Waals surface area contributed by atoms with Crippen LogP contribution < -0.4 is 14.2 Å². The Morgan fingerprint density at radius 3 is 2.71 bits per heavy atom. The van der Waals surface area contributed by atoms with Crippen molar-refractivity contribution in [2.45, 2.75) is 45.0 Å². The van der Waals surface area contributed by atoms with Gasteiger partial charge in [0.15, 0.2) is 0 Å². The van der Waals surface area contributed by atoms with E-state index in [0.717, 1.165) is 17.1 Å². The molecule has 6 nitrogen and oxygen atoms in total.